The zero-order valence-corrected chi connectivity index (χ0v) is 24.2. The summed E-state index contributed by atoms with van der Waals surface area (Å²) in [5.74, 6) is 0.157. The number of benzene rings is 3. The molecule has 3 aromatic carbocycles. The molecule has 1 saturated carbocycles. The van der Waals surface area contributed by atoms with Gasteiger partial charge in [-0.05, 0) is 75.3 Å². The van der Waals surface area contributed by atoms with Gasteiger partial charge in [0.25, 0.3) is 5.91 Å². The van der Waals surface area contributed by atoms with Gasteiger partial charge in [0, 0.05) is 17.7 Å². The van der Waals surface area contributed by atoms with Gasteiger partial charge in [-0.1, -0.05) is 79.9 Å². The summed E-state index contributed by atoms with van der Waals surface area (Å²) >= 11 is 0. The molecule has 5 heteroatoms. The minimum atomic E-state index is -0.613. The van der Waals surface area contributed by atoms with Gasteiger partial charge >= 0.3 is 5.97 Å². The molecule has 1 aliphatic heterocycles. The predicted molar refractivity (Wildman–Crippen MR) is 161 cm³/mol. The van der Waals surface area contributed by atoms with Crippen molar-refractivity contribution in [2.75, 3.05) is 4.90 Å². The number of nitrogens with zero attached hydrogens (tertiary/aromatic N) is 2. The summed E-state index contributed by atoms with van der Waals surface area (Å²) in [5, 5.41) is 0. The highest BCUT2D eigenvalue weighted by atomic mass is 16.6. The first kappa shape index (κ1) is 27.8. The van der Waals surface area contributed by atoms with Crippen molar-refractivity contribution >= 4 is 23.3 Å². The maximum Gasteiger partial charge on any atom is 0.338 e. The van der Waals surface area contributed by atoms with Gasteiger partial charge in [-0.2, -0.15) is 0 Å². The van der Waals surface area contributed by atoms with E-state index in [0.717, 1.165) is 22.4 Å². The molecule has 208 valence electrons. The lowest BCUT2D eigenvalue weighted by molar-refractivity contribution is -0.119. The van der Waals surface area contributed by atoms with Crippen molar-refractivity contribution in [1.29, 1.82) is 0 Å². The van der Waals surface area contributed by atoms with E-state index in [2.05, 4.69) is 24.3 Å². The minimum absolute atomic E-state index is 0.0698. The molecule has 0 radical (unpaired) electrons. The van der Waals surface area contributed by atoms with Crippen LogP contribution < -0.4 is 4.90 Å². The topological polar surface area (TPSA) is 59.0 Å². The monoisotopic (exact) mass is 536 g/mol. The summed E-state index contributed by atoms with van der Waals surface area (Å²) in [6, 6.07) is 23.7. The second-order valence-corrected chi connectivity index (χ2v) is 12.2. The van der Waals surface area contributed by atoms with Crippen LogP contribution in [-0.4, -0.2) is 29.2 Å². The summed E-state index contributed by atoms with van der Waals surface area (Å²) < 4.78 is 5.65. The quantitative estimate of drug-likeness (QED) is 0.304. The van der Waals surface area contributed by atoms with Crippen LogP contribution in [0.4, 0.5) is 5.69 Å². The van der Waals surface area contributed by atoms with E-state index in [0.29, 0.717) is 30.1 Å². The molecule has 1 atom stereocenters. The lowest BCUT2D eigenvalue weighted by Gasteiger charge is -2.27. The van der Waals surface area contributed by atoms with Crippen molar-refractivity contribution in [3.8, 4) is 0 Å². The van der Waals surface area contributed by atoms with E-state index < -0.39 is 17.6 Å². The zero-order chi connectivity index (χ0) is 28.3. The lowest BCUT2D eigenvalue weighted by Crippen LogP contribution is -2.38. The van der Waals surface area contributed by atoms with Crippen molar-refractivity contribution in [3.05, 3.63) is 101 Å². The molecule has 0 aromatic heterocycles. The minimum Gasteiger partial charge on any atom is -0.456 e. The molecule has 5 nitrogen and oxygen atoms in total. The number of hydrogen-bond acceptors (Lipinski definition) is 4. The normalized spacial score (nSPS) is 18.1. The number of anilines is 1. The smallest absolute Gasteiger partial charge is 0.338 e. The number of rotatable bonds is 6. The average molecular weight is 537 g/mol. The summed E-state index contributed by atoms with van der Waals surface area (Å²) in [6.45, 7) is 7.91. The highest BCUT2D eigenvalue weighted by Gasteiger charge is 2.32. The van der Waals surface area contributed by atoms with Crippen molar-refractivity contribution in [1.82, 2.24) is 0 Å². The molecular formula is C35H40N2O3. The average Bonchev–Trinajstić information content (AvgIpc) is 3.04. The van der Waals surface area contributed by atoms with Crippen molar-refractivity contribution in [2.24, 2.45) is 4.99 Å². The maximum absolute atomic E-state index is 14.2. The Morgan fingerprint density at radius 1 is 0.925 bits per heavy atom. The van der Waals surface area contributed by atoms with Crippen LogP contribution in [0.2, 0.25) is 0 Å². The second kappa shape index (κ2) is 11.8. The molecule has 0 unspecified atom stereocenters. The molecule has 0 bridgehead atoms. The number of esters is 1. The third-order valence-electron chi connectivity index (χ3n) is 7.88. The number of carbonyl (C=O) groups excluding carboxylic acids is 2. The first-order valence-electron chi connectivity index (χ1n) is 14.5. The van der Waals surface area contributed by atoms with E-state index in [9.17, 15) is 9.59 Å². The zero-order valence-electron chi connectivity index (χ0n) is 24.2. The Morgan fingerprint density at radius 3 is 2.30 bits per heavy atom. The van der Waals surface area contributed by atoms with E-state index in [4.69, 9.17) is 9.73 Å². The molecule has 1 aliphatic carbocycles. The van der Waals surface area contributed by atoms with Gasteiger partial charge in [0.15, 0.2) is 0 Å². The van der Waals surface area contributed by atoms with Crippen LogP contribution in [0.5, 0.6) is 0 Å². The van der Waals surface area contributed by atoms with Gasteiger partial charge in [-0.3, -0.25) is 9.79 Å². The molecule has 0 spiro atoms. The number of amides is 1. The molecular weight excluding hydrogens is 496 g/mol. The fourth-order valence-electron chi connectivity index (χ4n) is 5.83. The van der Waals surface area contributed by atoms with E-state index in [-0.39, 0.29) is 5.91 Å². The number of fused-ring (bicyclic) bond motifs is 1. The van der Waals surface area contributed by atoms with Crippen LogP contribution in [0, 0.1) is 0 Å². The van der Waals surface area contributed by atoms with Crippen molar-refractivity contribution < 1.29 is 14.3 Å². The van der Waals surface area contributed by atoms with Gasteiger partial charge in [0.1, 0.15) is 11.6 Å². The van der Waals surface area contributed by atoms with Crippen molar-refractivity contribution in [2.45, 2.75) is 90.3 Å². The Hall–Kier alpha value is -3.73. The Bertz CT molecular complexity index is 1380. The van der Waals surface area contributed by atoms with Gasteiger partial charge in [-0.25, -0.2) is 4.79 Å². The predicted octanol–water partition coefficient (Wildman–Crippen LogP) is 7.66. The first-order chi connectivity index (χ1) is 19.2. The number of aliphatic imine (C=N–C) groups is 1. The number of benzodiazepines with no additional fused rings is 1. The highest BCUT2D eigenvalue weighted by Crippen LogP contribution is 2.34. The Kier molecular flexibility index (Phi) is 8.20. The van der Waals surface area contributed by atoms with E-state index in [1.807, 2.05) is 69.0 Å². The molecule has 40 heavy (non-hydrogen) atoms. The van der Waals surface area contributed by atoms with Crippen LogP contribution in [-0.2, 0) is 22.5 Å². The number of carbonyl (C=O) groups is 2. The summed E-state index contributed by atoms with van der Waals surface area (Å²) in [4.78, 5) is 33.9. The summed E-state index contributed by atoms with van der Waals surface area (Å²) in [6.07, 6.45) is 6.95. The van der Waals surface area contributed by atoms with Gasteiger partial charge < -0.3 is 9.64 Å². The van der Waals surface area contributed by atoms with Gasteiger partial charge in [0.2, 0.25) is 0 Å². The van der Waals surface area contributed by atoms with E-state index in [1.54, 1.807) is 12.1 Å². The van der Waals surface area contributed by atoms with Gasteiger partial charge in [-0.15, -0.1) is 0 Å². The third-order valence-corrected chi connectivity index (χ3v) is 7.88. The lowest BCUT2D eigenvalue weighted by atomic mass is 9.84. The molecule has 1 amide bonds. The molecule has 1 fully saturated rings. The first-order valence-corrected chi connectivity index (χ1v) is 14.5. The molecule has 0 saturated heterocycles. The second-order valence-electron chi connectivity index (χ2n) is 12.2. The summed E-state index contributed by atoms with van der Waals surface area (Å²) in [5.41, 5.74) is 5.66. The van der Waals surface area contributed by atoms with Crippen LogP contribution in [0.1, 0.15) is 98.3 Å². The SMILES string of the molecule is CC1=N[C@@H](Cc2ccccc2)C(=O)N(Cc2ccc(C3CCCCC3)cc2)c2cc(C(=O)OC(C)(C)C)ccc21. The molecule has 0 N–H and O–H groups in total. The fraction of sp³-hybridized carbons (Fsp3) is 0.400. The van der Waals surface area contributed by atoms with Crippen LogP contribution in [0.3, 0.4) is 0 Å². The molecule has 5 rings (SSSR count). The largest absolute Gasteiger partial charge is 0.456 e. The molecule has 1 heterocycles. The van der Waals surface area contributed by atoms with Crippen LogP contribution >= 0.6 is 0 Å². The fourth-order valence-corrected chi connectivity index (χ4v) is 5.83. The van der Waals surface area contributed by atoms with E-state index >= 15 is 0 Å². The Morgan fingerprint density at radius 2 is 1.62 bits per heavy atom. The van der Waals surface area contributed by atoms with E-state index in [1.165, 1.54) is 37.7 Å². The van der Waals surface area contributed by atoms with Crippen LogP contribution in [0.25, 0.3) is 0 Å². The number of hydrogen-bond donors (Lipinski definition) is 0. The Balaban J connectivity index is 1.50. The highest BCUT2D eigenvalue weighted by molar-refractivity contribution is 6.12. The maximum atomic E-state index is 14.2. The summed E-state index contributed by atoms with van der Waals surface area (Å²) in [7, 11) is 0. The third kappa shape index (κ3) is 6.52. The molecule has 2 aliphatic rings. The van der Waals surface area contributed by atoms with Crippen LogP contribution in [0.15, 0.2) is 77.8 Å². The number of ether oxygens (including phenoxy) is 1. The standard InChI is InChI=1S/C35H40N2O3/c1-24-30-20-19-29(34(39)40-35(2,3)4)22-32(30)37(33(38)31(36-24)21-25-11-7-5-8-12-25)23-26-15-17-28(18-16-26)27-13-9-6-10-14-27/h5,7-8,11-12,15-20,22,27,31H,6,9-10,13-14,21,23H2,1-4H3/t31-/m0/s1. The Labute approximate surface area is 238 Å². The van der Waals surface area contributed by atoms with Crippen molar-refractivity contribution in [3.63, 3.8) is 0 Å². The van der Waals surface area contributed by atoms with Gasteiger partial charge in [0.05, 0.1) is 17.8 Å². The molecule has 3 aromatic rings.